The van der Waals surface area contributed by atoms with E-state index in [0.717, 1.165) is 39.1 Å². The molecule has 0 radical (unpaired) electrons. The van der Waals surface area contributed by atoms with Crippen LogP contribution in [0.15, 0.2) is 6.20 Å². The Hall–Kier alpha value is -1.02. The Morgan fingerprint density at radius 3 is 2.52 bits per heavy atom. The van der Waals surface area contributed by atoms with E-state index in [1.807, 2.05) is 17.8 Å². The van der Waals surface area contributed by atoms with Gasteiger partial charge in [-0.25, -0.2) is 0 Å². The van der Waals surface area contributed by atoms with Crippen molar-refractivity contribution in [2.24, 2.45) is 0 Å². The van der Waals surface area contributed by atoms with Gasteiger partial charge in [-0.2, -0.15) is 0 Å². The molecule has 2 heterocycles. The summed E-state index contributed by atoms with van der Waals surface area (Å²) in [6.07, 6.45) is 6.62. The first-order chi connectivity index (χ1) is 11.8. The summed E-state index contributed by atoms with van der Waals surface area (Å²) in [5.74, 6) is 0.532. The Labute approximate surface area is 156 Å². The molecule has 0 unspecified atom stereocenters. The lowest BCUT2D eigenvalue weighted by atomic mass is 9.90. The van der Waals surface area contributed by atoms with Crippen LogP contribution in [0.25, 0.3) is 0 Å². The minimum absolute atomic E-state index is 0. The SMILES string of the molecule is CCOCCOc1nn(C2CCC(N3CCOCC3)CC2)cc1N.Cl. The normalized spacial score (nSPS) is 24.7. The molecule has 1 aliphatic heterocycles. The van der Waals surface area contributed by atoms with Crippen molar-refractivity contribution in [1.82, 2.24) is 14.7 Å². The van der Waals surface area contributed by atoms with Crippen LogP contribution in [-0.2, 0) is 9.47 Å². The molecule has 8 heteroatoms. The fourth-order valence-corrected chi connectivity index (χ4v) is 3.66. The van der Waals surface area contributed by atoms with Crippen molar-refractivity contribution < 1.29 is 14.2 Å². The molecule has 1 aliphatic carbocycles. The number of nitrogens with two attached hydrogens (primary N) is 1. The topological polar surface area (TPSA) is 74.8 Å². The predicted molar refractivity (Wildman–Crippen MR) is 99.6 cm³/mol. The van der Waals surface area contributed by atoms with Gasteiger partial charge in [0.05, 0.1) is 32.1 Å². The van der Waals surface area contributed by atoms with Gasteiger partial charge in [0.1, 0.15) is 12.3 Å². The molecule has 1 aromatic heterocycles. The fourth-order valence-electron chi connectivity index (χ4n) is 3.66. The Balaban J connectivity index is 0.00000225. The van der Waals surface area contributed by atoms with Crippen LogP contribution in [0.5, 0.6) is 5.88 Å². The molecule has 144 valence electrons. The van der Waals surface area contributed by atoms with Crippen molar-refractivity contribution in [2.45, 2.75) is 44.7 Å². The van der Waals surface area contributed by atoms with Crippen molar-refractivity contribution >= 4 is 18.1 Å². The van der Waals surface area contributed by atoms with Gasteiger partial charge >= 0.3 is 0 Å². The smallest absolute Gasteiger partial charge is 0.256 e. The first-order valence-electron chi connectivity index (χ1n) is 9.15. The van der Waals surface area contributed by atoms with E-state index in [1.165, 1.54) is 12.8 Å². The van der Waals surface area contributed by atoms with Crippen LogP contribution in [0.4, 0.5) is 5.69 Å². The second kappa shape index (κ2) is 10.2. The highest BCUT2D eigenvalue weighted by atomic mass is 35.5. The third-order valence-electron chi connectivity index (χ3n) is 5.00. The van der Waals surface area contributed by atoms with Crippen LogP contribution < -0.4 is 10.5 Å². The summed E-state index contributed by atoms with van der Waals surface area (Å²) < 4.78 is 18.3. The van der Waals surface area contributed by atoms with E-state index in [-0.39, 0.29) is 12.4 Å². The molecule has 7 nitrogen and oxygen atoms in total. The van der Waals surface area contributed by atoms with Gasteiger partial charge in [0.2, 0.25) is 0 Å². The number of morpholine rings is 1. The second-order valence-corrected chi connectivity index (χ2v) is 6.53. The summed E-state index contributed by atoms with van der Waals surface area (Å²) in [7, 11) is 0. The zero-order valence-corrected chi connectivity index (χ0v) is 15.9. The molecule has 25 heavy (non-hydrogen) atoms. The summed E-state index contributed by atoms with van der Waals surface area (Å²) in [6.45, 7) is 7.60. The Kier molecular flexibility index (Phi) is 8.29. The van der Waals surface area contributed by atoms with E-state index in [9.17, 15) is 0 Å². The second-order valence-electron chi connectivity index (χ2n) is 6.53. The van der Waals surface area contributed by atoms with Crippen LogP contribution in [0.2, 0.25) is 0 Å². The number of ether oxygens (including phenoxy) is 3. The van der Waals surface area contributed by atoms with Crippen molar-refractivity contribution in [3.8, 4) is 5.88 Å². The van der Waals surface area contributed by atoms with Crippen molar-refractivity contribution in [3.05, 3.63) is 6.20 Å². The van der Waals surface area contributed by atoms with Crippen molar-refractivity contribution in [1.29, 1.82) is 0 Å². The molecular formula is C17H31ClN4O3. The van der Waals surface area contributed by atoms with Gasteiger partial charge in [0.25, 0.3) is 5.88 Å². The molecule has 2 N–H and O–H groups in total. The third kappa shape index (κ3) is 5.48. The molecule has 0 amide bonds. The van der Waals surface area contributed by atoms with Crippen LogP contribution in [0.3, 0.4) is 0 Å². The van der Waals surface area contributed by atoms with Crippen LogP contribution >= 0.6 is 12.4 Å². The quantitative estimate of drug-likeness (QED) is 0.737. The first-order valence-corrected chi connectivity index (χ1v) is 9.15. The number of hydrogen-bond donors (Lipinski definition) is 1. The standard InChI is InChI=1S/C17H30N4O3.ClH/c1-2-22-11-12-24-17-16(18)13-21(19-17)15-5-3-14(4-6-15)20-7-9-23-10-8-20;/h13-15H,2-12,18H2,1H3;1H. The lowest BCUT2D eigenvalue weighted by molar-refractivity contribution is 0.00502. The van der Waals surface area contributed by atoms with E-state index < -0.39 is 0 Å². The van der Waals surface area contributed by atoms with E-state index in [4.69, 9.17) is 19.9 Å². The average Bonchev–Trinajstić information content (AvgIpc) is 3.00. The fraction of sp³-hybridized carbons (Fsp3) is 0.824. The Morgan fingerprint density at radius 1 is 1.16 bits per heavy atom. The van der Waals surface area contributed by atoms with E-state index >= 15 is 0 Å². The van der Waals surface area contributed by atoms with Gasteiger partial charge in [0, 0.05) is 25.7 Å². The Bertz CT molecular complexity index is 500. The summed E-state index contributed by atoms with van der Waals surface area (Å²) in [4.78, 5) is 2.58. The Morgan fingerprint density at radius 2 is 1.84 bits per heavy atom. The molecule has 0 spiro atoms. The highest BCUT2D eigenvalue weighted by Crippen LogP contribution is 2.33. The predicted octanol–water partition coefficient (Wildman–Crippen LogP) is 2.12. The van der Waals surface area contributed by atoms with Gasteiger partial charge in [0.15, 0.2) is 0 Å². The number of nitrogen functional groups attached to an aromatic ring is 1. The monoisotopic (exact) mass is 374 g/mol. The van der Waals surface area contributed by atoms with Crippen molar-refractivity contribution in [2.75, 3.05) is 51.9 Å². The molecule has 0 bridgehead atoms. The maximum absolute atomic E-state index is 6.04. The number of nitrogens with zero attached hydrogens (tertiary/aromatic N) is 3. The molecule has 3 rings (SSSR count). The zero-order chi connectivity index (χ0) is 16.8. The largest absolute Gasteiger partial charge is 0.473 e. The van der Waals surface area contributed by atoms with Crippen LogP contribution in [0, 0.1) is 0 Å². The first kappa shape index (κ1) is 20.3. The number of halogens is 1. The molecule has 1 saturated heterocycles. The molecule has 0 atom stereocenters. The van der Waals surface area contributed by atoms with Crippen LogP contribution in [-0.4, -0.2) is 66.8 Å². The molecule has 2 aliphatic rings. The maximum Gasteiger partial charge on any atom is 0.256 e. The summed E-state index contributed by atoms with van der Waals surface area (Å²) >= 11 is 0. The average molecular weight is 375 g/mol. The van der Waals surface area contributed by atoms with Gasteiger partial charge in [-0.05, 0) is 32.6 Å². The lowest BCUT2D eigenvalue weighted by Crippen LogP contribution is -2.45. The van der Waals surface area contributed by atoms with Gasteiger partial charge < -0.3 is 19.9 Å². The summed E-state index contributed by atoms with van der Waals surface area (Å²) in [6, 6.07) is 1.12. The van der Waals surface area contributed by atoms with Crippen molar-refractivity contribution in [3.63, 3.8) is 0 Å². The molecular weight excluding hydrogens is 344 g/mol. The number of aromatic nitrogens is 2. The summed E-state index contributed by atoms with van der Waals surface area (Å²) in [5.41, 5.74) is 6.65. The molecule has 1 aromatic rings. The van der Waals surface area contributed by atoms with Gasteiger partial charge in [-0.3, -0.25) is 9.58 Å². The van der Waals surface area contributed by atoms with Gasteiger partial charge in [-0.15, -0.1) is 17.5 Å². The minimum atomic E-state index is 0. The molecule has 1 saturated carbocycles. The van der Waals surface area contributed by atoms with E-state index in [1.54, 1.807) is 0 Å². The number of rotatable bonds is 7. The van der Waals surface area contributed by atoms with E-state index in [2.05, 4.69) is 10.00 Å². The molecule has 0 aromatic carbocycles. The summed E-state index contributed by atoms with van der Waals surface area (Å²) in [5, 5.41) is 4.55. The van der Waals surface area contributed by atoms with E-state index in [0.29, 0.717) is 43.5 Å². The highest BCUT2D eigenvalue weighted by molar-refractivity contribution is 5.85. The number of hydrogen-bond acceptors (Lipinski definition) is 6. The van der Waals surface area contributed by atoms with Gasteiger partial charge in [-0.1, -0.05) is 0 Å². The maximum atomic E-state index is 6.04. The number of anilines is 1. The minimum Gasteiger partial charge on any atom is -0.473 e. The van der Waals surface area contributed by atoms with Crippen LogP contribution in [0.1, 0.15) is 38.6 Å². The molecule has 2 fully saturated rings. The zero-order valence-electron chi connectivity index (χ0n) is 15.1. The third-order valence-corrected chi connectivity index (χ3v) is 5.00. The highest BCUT2D eigenvalue weighted by Gasteiger charge is 2.28. The lowest BCUT2D eigenvalue weighted by Gasteiger charge is -2.38.